The standard InChI is InChI=1S/C19H26ClN5O2/c1-21-18(25-10-2-7-19(13-25)11-16(26)24-12-19)23-9-8-22-17(27)14-3-5-15(20)6-4-14/h3-6H,2,7-13H2,1H3,(H,21,23)(H,22,27)(H,24,26). The molecular formula is C19H26ClN5O2. The van der Waals surface area contributed by atoms with Gasteiger partial charge in [0.15, 0.2) is 5.96 Å². The van der Waals surface area contributed by atoms with E-state index in [1.807, 2.05) is 0 Å². The second-order valence-corrected chi connectivity index (χ2v) is 7.65. The van der Waals surface area contributed by atoms with E-state index < -0.39 is 0 Å². The quantitative estimate of drug-likeness (QED) is 0.409. The number of rotatable bonds is 4. The van der Waals surface area contributed by atoms with E-state index in [4.69, 9.17) is 11.6 Å². The lowest BCUT2D eigenvalue weighted by Crippen LogP contribution is -2.52. The first-order valence-corrected chi connectivity index (χ1v) is 9.65. The van der Waals surface area contributed by atoms with Crippen LogP contribution in [-0.4, -0.2) is 62.4 Å². The van der Waals surface area contributed by atoms with Gasteiger partial charge in [0.05, 0.1) is 0 Å². The molecule has 3 rings (SSSR count). The maximum atomic E-state index is 12.1. The molecule has 1 unspecified atom stereocenters. The molecule has 27 heavy (non-hydrogen) atoms. The van der Waals surface area contributed by atoms with Crippen LogP contribution in [0, 0.1) is 5.41 Å². The number of piperidine rings is 1. The Hall–Kier alpha value is -2.28. The summed E-state index contributed by atoms with van der Waals surface area (Å²) < 4.78 is 0. The van der Waals surface area contributed by atoms with Gasteiger partial charge in [-0.15, -0.1) is 0 Å². The van der Waals surface area contributed by atoms with Crippen LogP contribution in [0.25, 0.3) is 0 Å². The molecule has 0 radical (unpaired) electrons. The lowest BCUT2D eigenvalue weighted by atomic mass is 9.79. The number of carbonyl (C=O) groups is 2. The molecule has 3 N–H and O–H groups in total. The lowest BCUT2D eigenvalue weighted by molar-refractivity contribution is -0.119. The van der Waals surface area contributed by atoms with Crippen LogP contribution in [0.5, 0.6) is 0 Å². The van der Waals surface area contributed by atoms with Crippen LogP contribution in [0.15, 0.2) is 29.3 Å². The monoisotopic (exact) mass is 391 g/mol. The first kappa shape index (κ1) is 19.5. The number of hydrogen-bond donors (Lipinski definition) is 3. The topological polar surface area (TPSA) is 85.8 Å². The highest BCUT2D eigenvalue weighted by Crippen LogP contribution is 2.35. The van der Waals surface area contributed by atoms with Gasteiger partial charge in [-0.25, -0.2) is 0 Å². The Kier molecular flexibility index (Phi) is 6.21. The van der Waals surface area contributed by atoms with Gasteiger partial charge in [0.2, 0.25) is 5.91 Å². The van der Waals surface area contributed by atoms with Gasteiger partial charge in [0.1, 0.15) is 0 Å². The van der Waals surface area contributed by atoms with E-state index in [0.717, 1.165) is 38.4 Å². The van der Waals surface area contributed by atoms with E-state index >= 15 is 0 Å². The highest BCUT2D eigenvalue weighted by molar-refractivity contribution is 6.30. The third kappa shape index (κ3) is 4.91. The summed E-state index contributed by atoms with van der Waals surface area (Å²) in [4.78, 5) is 30.3. The number of benzene rings is 1. The third-order valence-corrected chi connectivity index (χ3v) is 5.42. The molecule has 0 bridgehead atoms. The zero-order valence-corrected chi connectivity index (χ0v) is 16.3. The van der Waals surface area contributed by atoms with Crippen molar-refractivity contribution in [3.05, 3.63) is 34.9 Å². The van der Waals surface area contributed by atoms with Crippen LogP contribution < -0.4 is 16.0 Å². The van der Waals surface area contributed by atoms with Crippen LogP contribution in [0.2, 0.25) is 5.02 Å². The molecule has 0 saturated carbocycles. The first-order chi connectivity index (χ1) is 13.0. The molecule has 0 aromatic heterocycles. The smallest absolute Gasteiger partial charge is 0.251 e. The van der Waals surface area contributed by atoms with Gasteiger partial charge in [-0.05, 0) is 37.1 Å². The van der Waals surface area contributed by atoms with Crippen LogP contribution in [0.4, 0.5) is 0 Å². The summed E-state index contributed by atoms with van der Waals surface area (Å²) >= 11 is 5.84. The third-order valence-electron chi connectivity index (χ3n) is 5.17. The minimum Gasteiger partial charge on any atom is -0.355 e. The minimum absolute atomic E-state index is 0.0236. The van der Waals surface area contributed by atoms with Gasteiger partial charge in [-0.2, -0.15) is 0 Å². The summed E-state index contributed by atoms with van der Waals surface area (Å²) in [7, 11) is 1.76. The van der Waals surface area contributed by atoms with Gasteiger partial charge in [-0.1, -0.05) is 11.6 Å². The summed E-state index contributed by atoms with van der Waals surface area (Å²) in [6.07, 6.45) is 2.71. The van der Waals surface area contributed by atoms with Crippen molar-refractivity contribution >= 4 is 29.4 Å². The van der Waals surface area contributed by atoms with Crippen molar-refractivity contribution in [1.29, 1.82) is 0 Å². The molecule has 1 atom stereocenters. The predicted molar refractivity (Wildman–Crippen MR) is 106 cm³/mol. The molecular weight excluding hydrogens is 366 g/mol. The zero-order chi connectivity index (χ0) is 19.3. The maximum absolute atomic E-state index is 12.1. The molecule has 1 aromatic rings. The first-order valence-electron chi connectivity index (χ1n) is 9.27. The van der Waals surface area contributed by atoms with Gasteiger partial charge >= 0.3 is 0 Å². The molecule has 2 saturated heterocycles. The number of amides is 2. The highest BCUT2D eigenvalue weighted by Gasteiger charge is 2.42. The van der Waals surface area contributed by atoms with Crippen molar-refractivity contribution in [2.24, 2.45) is 10.4 Å². The minimum atomic E-state index is -0.129. The van der Waals surface area contributed by atoms with Crippen molar-refractivity contribution in [2.75, 3.05) is 39.8 Å². The van der Waals surface area contributed by atoms with Gasteiger partial charge < -0.3 is 20.9 Å². The van der Waals surface area contributed by atoms with E-state index in [-0.39, 0.29) is 17.2 Å². The summed E-state index contributed by atoms with van der Waals surface area (Å²) in [6, 6.07) is 6.80. The average Bonchev–Trinajstić information content (AvgIpc) is 3.01. The van der Waals surface area contributed by atoms with E-state index in [1.54, 1.807) is 31.3 Å². The lowest BCUT2D eigenvalue weighted by Gasteiger charge is -2.40. The molecule has 7 nitrogen and oxygen atoms in total. The van der Waals surface area contributed by atoms with E-state index in [2.05, 4.69) is 25.8 Å². The number of halogens is 1. The highest BCUT2D eigenvalue weighted by atomic mass is 35.5. The zero-order valence-electron chi connectivity index (χ0n) is 15.6. The van der Waals surface area contributed by atoms with Crippen molar-refractivity contribution < 1.29 is 9.59 Å². The molecule has 2 fully saturated rings. The SMILES string of the molecule is CN=C(NCCNC(=O)c1ccc(Cl)cc1)N1CCCC2(CNC(=O)C2)C1. The molecule has 2 heterocycles. The van der Waals surface area contributed by atoms with E-state index in [9.17, 15) is 9.59 Å². The molecule has 0 aliphatic carbocycles. The molecule has 2 aliphatic heterocycles. The fourth-order valence-electron chi connectivity index (χ4n) is 3.81. The molecule has 8 heteroatoms. The van der Waals surface area contributed by atoms with Crippen molar-refractivity contribution in [1.82, 2.24) is 20.9 Å². The van der Waals surface area contributed by atoms with Crippen LogP contribution in [-0.2, 0) is 4.79 Å². The predicted octanol–water partition coefficient (Wildman–Crippen LogP) is 1.25. The Morgan fingerprint density at radius 1 is 1.30 bits per heavy atom. The number of hydrogen-bond acceptors (Lipinski definition) is 3. The number of nitrogens with zero attached hydrogens (tertiary/aromatic N) is 2. The fourth-order valence-corrected chi connectivity index (χ4v) is 3.94. The van der Waals surface area contributed by atoms with Gasteiger partial charge in [0, 0.05) is 62.2 Å². The van der Waals surface area contributed by atoms with Gasteiger partial charge in [-0.3, -0.25) is 14.6 Å². The second-order valence-electron chi connectivity index (χ2n) is 7.22. The molecule has 1 spiro atoms. The van der Waals surface area contributed by atoms with Crippen LogP contribution in [0.3, 0.4) is 0 Å². The summed E-state index contributed by atoms with van der Waals surface area (Å²) in [5.41, 5.74) is 0.607. The Morgan fingerprint density at radius 2 is 2.04 bits per heavy atom. The summed E-state index contributed by atoms with van der Waals surface area (Å²) in [5, 5.41) is 9.76. The normalized spacial score (nSPS) is 22.7. The fraction of sp³-hybridized carbons (Fsp3) is 0.526. The molecule has 146 valence electrons. The largest absolute Gasteiger partial charge is 0.355 e. The average molecular weight is 392 g/mol. The Morgan fingerprint density at radius 3 is 2.70 bits per heavy atom. The van der Waals surface area contributed by atoms with E-state index in [1.165, 1.54) is 0 Å². The van der Waals surface area contributed by atoms with Crippen molar-refractivity contribution in [3.8, 4) is 0 Å². The Labute approximate surface area is 164 Å². The van der Waals surface area contributed by atoms with Gasteiger partial charge in [0.25, 0.3) is 5.91 Å². The molecule has 1 aromatic carbocycles. The number of likely N-dealkylation sites (tertiary alicyclic amines) is 1. The summed E-state index contributed by atoms with van der Waals surface area (Å²) in [6.45, 7) is 3.55. The van der Waals surface area contributed by atoms with Crippen molar-refractivity contribution in [3.63, 3.8) is 0 Å². The second kappa shape index (κ2) is 8.61. The number of aliphatic imine (C=N–C) groups is 1. The number of carbonyl (C=O) groups excluding carboxylic acids is 2. The number of nitrogens with one attached hydrogen (secondary N) is 3. The van der Waals surface area contributed by atoms with Crippen LogP contribution >= 0.6 is 11.6 Å². The summed E-state index contributed by atoms with van der Waals surface area (Å²) in [5.74, 6) is 0.829. The Balaban J connectivity index is 1.46. The van der Waals surface area contributed by atoms with E-state index in [0.29, 0.717) is 30.1 Å². The molecule has 2 amide bonds. The Bertz CT molecular complexity index is 721. The molecule has 2 aliphatic rings. The van der Waals surface area contributed by atoms with Crippen LogP contribution in [0.1, 0.15) is 29.6 Å². The maximum Gasteiger partial charge on any atom is 0.251 e. The van der Waals surface area contributed by atoms with Crippen molar-refractivity contribution in [2.45, 2.75) is 19.3 Å². The number of guanidine groups is 1.